The number of carbonyl (C=O) groups excluding carboxylic acids is 2. The van der Waals surface area contributed by atoms with Crippen molar-refractivity contribution in [2.75, 3.05) is 38.3 Å². The highest BCUT2D eigenvalue weighted by Crippen LogP contribution is 2.43. The van der Waals surface area contributed by atoms with Gasteiger partial charge in [0.1, 0.15) is 48.3 Å². The molecule has 2 fully saturated rings. The van der Waals surface area contributed by atoms with Gasteiger partial charge in [0.25, 0.3) is 16.0 Å². The number of hydrogen-bond acceptors (Lipinski definition) is 11. The molecule has 1 saturated heterocycles. The van der Waals surface area contributed by atoms with Gasteiger partial charge in [0.05, 0.1) is 33.3 Å². The van der Waals surface area contributed by atoms with Crippen LogP contribution < -0.4 is 15.0 Å². The summed E-state index contributed by atoms with van der Waals surface area (Å²) in [5.41, 5.74) is -0.411. The maximum atomic E-state index is 13.7. The smallest absolute Gasteiger partial charge is 0.330 e. The number of benzene rings is 1. The zero-order chi connectivity index (χ0) is 37.3. The largest absolute Gasteiger partial charge is 0.479 e. The lowest BCUT2D eigenvalue weighted by molar-refractivity contribution is -0.157. The number of nitrogens with zero attached hydrogens (tertiary/aromatic N) is 2. The number of aromatic nitrogens is 1. The number of esters is 1. The Morgan fingerprint density at radius 3 is 2.14 bits per heavy atom. The summed E-state index contributed by atoms with van der Waals surface area (Å²) >= 11 is 0. The summed E-state index contributed by atoms with van der Waals surface area (Å²) in [6.45, 7) is 6.50. The van der Waals surface area contributed by atoms with Gasteiger partial charge in [-0.25, -0.2) is 9.78 Å². The molecule has 19 heteroatoms. The second-order valence-corrected chi connectivity index (χ2v) is 14.5. The molecule has 1 amide bonds. The number of aryl methyl sites for hydroxylation is 1. The summed E-state index contributed by atoms with van der Waals surface area (Å²) < 4.78 is 47.6. The van der Waals surface area contributed by atoms with E-state index in [1.807, 2.05) is 4.90 Å². The van der Waals surface area contributed by atoms with Crippen molar-refractivity contribution in [1.82, 2.24) is 10.3 Å². The van der Waals surface area contributed by atoms with Gasteiger partial charge in [0, 0.05) is 37.6 Å². The van der Waals surface area contributed by atoms with Crippen LogP contribution >= 0.6 is 0 Å². The van der Waals surface area contributed by atoms with Crippen molar-refractivity contribution in [2.45, 2.75) is 72.6 Å². The third-order valence-corrected chi connectivity index (χ3v) is 10.7. The second-order valence-electron chi connectivity index (χ2n) is 13.0. The molecule has 0 unspecified atom stereocenters. The van der Waals surface area contributed by atoms with Crippen molar-refractivity contribution in [2.24, 2.45) is 11.8 Å². The predicted molar refractivity (Wildman–Crippen MR) is 190 cm³/mol. The van der Waals surface area contributed by atoms with E-state index in [0.29, 0.717) is 25.4 Å². The topological polar surface area (TPSA) is 154 Å². The Morgan fingerprint density at radius 2 is 1.60 bits per heavy atom. The maximum Gasteiger partial charge on any atom is 0.330 e. The molecule has 2 atom stereocenters. The highest BCUT2D eigenvalue weighted by molar-refractivity contribution is 7.86. The van der Waals surface area contributed by atoms with Crippen LogP contribution in [-0.4, -0.2) is 133 Å². The zero-order valence-corrected chi connectivity index (χ0v) is 29.4. The first-order chi connectivity index (χ1) is 23.3. The number of rotatable bonds is 17. The van der Waals surface area contributed by atoms with Crippen molar-refractivity contribution in [3.63, 3.8) is 0 Å². The molecule has 2 heterocycles. The van der Waals surface area contributed by atoms with Crippen molar-refractivity contribution in [1.29, 1.82) is 0 Å². The highest BCUT2D eigenvalue weighted by Gasteiger charge is 2.52. The van der Waals surface area contributed by atoms with E-state index in [-0.39, 0.29) is 53.9 Å². The van der Waals surface area contributed by atoms with E-state index in [2.05, 4.69) is 10.3 Å². The molecule has 2 N–H and O–H groups in total. The summed E-state index contributed by atoms with van der Waals surface area (Å²) in [6, 6.07) is 8.67. The number of amides is 1. The first-order valence-corrected chi connectivity index (χ1v) is 17.5. The maximum absolute atomic E-state index is 13.7. The summed E-state index contributed by atoms with van der Waals surface area (Å²) in [7, 11) is 33.1. The standard InChI is InChI=1S/C31H37B6N3O9S/c1-5-28(6-2,27(43)48-30(34,35)29(32,33)31(36,37)49-50(44,45)22-9-7-18(3)8-10-22)39-25(42)23-11-12-24(40-14-21(15-40)46-4)26(38-23)47-17-20-13-19(20)16-41/h7-12,19-21,41H,5-6,13-17H2,1-4H3,(H,39,42)/t19-,20-/m1/s1. The summed E-state index contributed by atoms with van der Waals surface area (Å²) in [4.78, 5) is 33.5. The second kappa shape index (κ2) is 15.0. The molecule has 254 valence electrons. The van der Waals surface area contributed by atoms with Gasteiger partial charge in [0.15, 0.2) is 0 Å². The van der Waals surface area contributed by atoms with Gasteiger partial charge >= 0.3 is 5.97 Å². The molecule has 50 heavy (non-hydrogen) atoms. The molecule has 1 aromatic heterocycles. The molecule has 0 bridgehead atoms. The number of anilines is 1. The molecule has 1 aromatic carbocycles. The number of ether oxygens (including phenoxy) is 3. The van der Waals surface area contributed by atoms with E-state index < -0.39 is 43.5 Å². The Morgan fingerprint density at radius 1 is 0.980 bits per heavy atom. The van der Waals surface area contributed by atoms with E-state index in [9.17, 15) is 23.1 Å². The monoisotopic (exact) mass is 693 g/mol. The van der Waals surface area contributed by atoms with Crippen LogP contribution in [0.1, 0.15) is 49.2 Å². The van der Waals surface area contributed by atoms with Crippen LogP contribution in [0.25, 0.3) is 0 Å². The highest BCUT2D eigenvalue weighted by atomic mass is 32.2. The molecule has 2 aliphatic rings. The van der Waals surface area contributed by atoms with Gasteiger partial charge in [-0.05, 0) is 62.3 Å². The average molecular weight is 693 g/mol. The number of methoxy groups -OCH3 is 1. The molecular weight excluding hydrogens is 655 g/mol. The van der Waals surface area contributed by atoms with Crippen LogP contribution in [0.15, 0.2) is 41.3 Å². The lowest BCUT2D eigenvalue weighted by atomic mass is 9.24. The third kappa shape index (κ3) is 8.26. The molecule has 12 nitrogen and oxygen atoms in total. The Balaban J connectivity index is 1.53. The van der Waals surface area contributed by atoms with E-state index in [1.54, 1.807) is 33.9 Å². The number of pyridine rings is 1. The van der Waals surface area contributed by atoms with Crippen LogP contribution in [-0.2, 0) is 28.6 Å². The van der Waals surface area contributed by atoms with Gasteiger partial charge in [0.2, 0.25) is 5.88 Å². The van der Waals surface area contributed by atoms with Crippen molar-refractivity contribution in [3.05, 3.63) is 47.7 Å². The fraction of sp³-hybridized carbons (Fsp3) is 0.581. The van der Waals surface area contributed by atoms with Gasteiger partial charge in [-0.1, -0.05) is 36.8 Å². The van der Waals surface area contributed by atoms with Gasteiger partial charge in [-0.3, -0.25) is 8.98 Å². The molecule has 4 rings (SSSR count). The van der Waals surface area contributed by atoms with Crippen LogP contribution in [0.5, 0.6) is 5.88 Å². The van der Waals surface area contributed by atoms with E-state index >= 15 is 0 Å². The lowest BCUT2D eigenvalue weighted by Crippen LogP contribution is -2.65. The lowest BCUT2D eigenvalue weighted by Gasteiger charge is -2.54. The minimum Gasteiger partial charge on any atom is -0.479 e. The predicted octanol–water partition coefficient (Wildman–Crippen LogP) is -0.0957. The fourth-order valence-electron chi connectivity index (χ4n) is 5.31. The van der Waals surface area contributed by atoms with Crippen molar-refractivity contribution < 1.29 is 41.5 Å². The first-order valence-electron chi connectivity index (χ1n) is 16.1. The minimum absolute atomic E-state index is 0.0289. The number of aliphatic hydroxyl groups is 1. The third-order valence-electron chi connectivity index (χ3n) is 9.40. The first kappa shape index (κ1) is 39.9. The van der Waals surface area contributed by atoms with E-state index in [4.69, 9.17) is 65.5 Å². The van der Waals surface area contributed by atoms with Crippen LogP contribution in [0.3, 0.4) is 0 Å². The molecule has 1 aliphatic heterocycles. The quantitative estimate of drug-likeness (QED) is 0.130. The fourth-order valence-corrected chi connectivity index (χ4v) is 6.37. The number of nitrogens with one attached hydrogen (secondary N) is 1. The van der Waals surface area contributed by atoms with Crippen molar-refractivity contribution in [3.8, 4) is 5.88 Å². The zero-order valence-electron chi connectivity index (χ0n) is 28.6. The van der Waals surface area contributed by atoms with Gasteiger partial charge in [-0.15, -0.1) is 0 Å². The molecule has 1 saturated carbocycles. The Hall–Kier alpha value is -2.87. The van der Waals surface area contributed by atoms with E-state index in [1.165, 1.54) is 30.3 Å². The molecule has 12 radical (unpaired) electrons. The molecular formula is C31H37B6N3O9S. The number of hydrogen-bond donors (Lipinski definition) is 2. The van der Waals surface area contributed by atoms with Crippen LogP contribution in [0.2, 0.25) is 5.21 Å². The normalized spacial score (nSPS) is 18.6. The van der Waals surface area contributed by atoms with E-state index in [0.717, 1.165) is 12.0 Å². The van der Waals surface area contributed by atoms with Crippen LogP contribution in [0.4, 0.5) is 5.69 Å². The molecule has 1 aliphatic carbocycles. The summed E-state index contributed by atoms with van der Waals surface area (Å²) in [6.07, 6.45) is 0.803. The Bertz CT molecular complexity index is 1650. The molecule has 0 spiro atoms. The minimum atomic E-state index is -4.67. The summed E-state index contributed by atoms with van der Waals surface area (Å²) in [5.74, 6) is -1.42. The number of aliphatic hydroxyl groups excluding tert-OH is 1. The SMILES string of the molecule is [B]C([B])(OC(=O)C(CC)(CC)NC(=O)c1ccc(N2CC(OC)C2)c(OC[C@H]2C[C@@H]2CO)n1)C([B])([B])C([B])([B])OS(=O)(=O)c1ccc(C)cc1. The van der Waals surface area contributed by atoms with Gasteiger partial charge < -0.3 is 29.5 Å². The van der Waals surface area contributed by atoms with Gasteiger partial charge in [-0.2, -0.15) is 8.42 Å². The summed E-state index contributed by atoms with van der Waals surface area (Å²) in [5, 5.41) is 3.17. The Kier molecular flexibility index (Phi) is 12.0. The molecule has 2 aromatic rings. The average Bonchev–Trinajstić information content (AvgIpc) is 3.80. The van der Waals surface area contributed by atoms with Crippen LogP contribution in [0, 0.1) is 18.8 Å². The number of carbonyl (C=O) groups is 2. The van der Waals surface area contributed by atoms with Crippen molar-refractivity contribution >= 4 is 74.8 Å². The Labute approximate surface area is 302 Å².